The Hall–Kier alpha value is -1.36. The maximum Gasteiger partial charge on any atom is 0.272 e. The molecule has 1 heterocycles. The first-order chi connectivity index (χ1) is 9.29. The van der Waals surface area contributed by atoms with E-state index >= 15 is 0 Å². The zero-order valence-corrected chi connectivity index (χ0v) is 12.8. The van der Waals surface area contributed by atoms with Crippen LogP contribution in [0.3, 0.4) is 0 Å². The third-order valence-electron chi connectivity index (χ3n) is 3.80. The highest BCUT2D eigenvalue weighted by molar-refractivity contribution is 5.92. The normalized spacial score (nSPS) is 23.6. The summed E-state index contributed by atoms with van der Waals surface area (Å²) in [6, 6.07) is 1.66. The van der Waals surface area contributed by atoms with E-state index < -0.39 is 6.10 Å². The van der Waals surface area contributed by atoms with Crippen LogP contribution in [0.1, 0.15) is 62.6 Å². The number of amides is 1. The summed E-state index contributed by atoms with van der Waals surface area (Å²) < 4.78 is 1.86. The van der Waals surface area contributed by atoms with Crippen molar-refractivity contribution in [2.75, 3.05) is 0 Å². The third kappa shape index (κ3) is 3.20. The fourth-order valence-electron chi connectivity index (χ4n) is 2.79. The average molecular weight is 279 g/mol. The summed E-state index contributed by atoms with van der Waals surface area (Å²) in [6.07, 6.45) is 3.26. The van der Waals surface area contributed by atoms with Gasteiger partial charge in [0, 0.05) is 5.69 Å². The van der Waals surface area contributed by atoms with E-state index in [0.29, 0.717) is 5.69 Å². The van der Waals surface area contributed by atoms with Crippen molar-refractivity contribution in [2.45, 2.75) is 71.1 Å². The molecular formula is C15H25N3O2. The first kappa shape index (κ1) is 15.0. The first-order valence-electron chi connectivity index (χ1n) is 7.35. The molecule has 1 aliphatic carbocycles. The fraction of sp³-hybridized carbons (Fsp3) is 0.733. The zero-order chi connectivity index (χ0) is 14.9. The van der Waals surface area contributed by atoms with Gasteiger partial charge in [0.2, 0.25) is 0 Å². The molecule has 5 nitrogen and oxygen atoms in total. The van der Waals surface area contributed by atoms with E-state index in [1.807, 2.05) is 11.6 Å². The molecule has 1 aliphatic rings. The minimum absolute atomic E-state index is 0.142. The maximum atomic E-state index is 12.3. The van der Waals surface area contributed by atoms with Gasteiger partial charge in [-0.2, -0.15) is 5.10 Å². The minimum Gasteiger partial charge on any atom is -0.391 e. The molecule has 0 radical (unpaired) electrons. The summed E-state index contributed by atoms with van der Waals surface area (Å²) >= 11 is 0. The molecule has 1 amide bonds. The van der Waals surface area contributed by atoms with Crippen molar-refractivity contribution in [2.24, 2.45) is 0 Å². The molecule has 1 aromatic heterocycles. The summed E-state index contributed by atoms with van der Waals surface area (Å²) in [4.78, 5) is 12.3. The number of hydrogen-bond donors (Lipinski definition) is 2. The quantitative estimate of drug-likeness (QED) is 0.870. The second-order valence-corrected chi connectivity index (χ2v) is 6.69. The lowest BCUT2D eigenvalue weighted by Gasteiger charge is -2.28. The number of nitrogens with one attached hydrogen (secondary N) is 1. The Bertz CT molecular complexity index is 488. The molecule has 112 valence electrons. The summed E-state index contributed by atoms with van der Waals surface area (Å²) in [7, 11) is 0. The van der Waals surface area contributed by atoms with Gasteiger partial charge in [-0.3, -0.25) is 9.48 Å². The minimum atomic E-state index is -0.432. The second-order valence-electron chi connectivity index (χ2n) is 6.69. The molecule has 2 atom stereocenters. The molecule has 2 rings (SSSR count). The van der Waals surface area contributed by atoms with Crippen molar-refractivity contribution >= 4 is 5.91 Å². The summed E-state index contributed by atoms with van der Waals surface area (Å²) in [6.45, 7) is 8.11. The van der Waals surface area contributed by atoms with Crippen LogP contribution < -0.4 is 5.32 Å². The Balaban J connectivity index is 2.10. The highest BCUT2D eigenvalue weighted by atomic mass is 16.3. The van der Waals surface area contributed by atoms with Gasteiger partial charge in [0.1, 0.15) is 5.69 Å². The first-order valence-corrected chi connectivity index (χ1v) is 7.35. The molecule has 0 spiro atoms. The van der Waals surface area contributed by atoms with Gasteiger partial charge < -0.3 is 10.4 Å². The predicted molar refractivity (Wildman–Crippen MR) is 77.7 cm³/mol. The van der Waals surface area contributed by atoms with Crippen molar-refractivity contribution in [3.05, 3.63) is 17.5 Å². The van der Waals surface area contributed by atoms with Crippen LogP contribution in [0.5, 0.6) is 0 Å². The molecule has 2 N–H and O–H groups in total. The molecule has 5 heteroatoms. The van der Waals surface area contributed by atoms with Crippen LogP contribution in [0.15, 0.2) is 6.07 Å². The molecule has 1 fully saturated rings. The number of carbonyl (C=O) groups excluding carboxylic acids is 1. The fourth-order valence-corrected chi connectivity index (χ4v) is 2.79. The van der Waals surface area contributed by atoms with E-state index in [4.69, 9.17) is 0 Å². The van der Waals surface area contributed by atoms with Gasteiger partial charge in [-0.25, -0.2) is 0 Å². The molecule has 0 bridgehead atoms. The molecule has 0 aromatic carbocycles. The van der Waals surface area contributed by atoms with Gasteiger partial charge in [0.15, 0.2) is 0 Å². The largest absolute Gasteiger partial charge is 0.391 e. The lowest BCUT2D eigenvalue weighted by Crippen LogP contribution is -2.45. The highest BCUT2D eigenvalue weighted by Gasteiger charge is 2.26. The van der Waals surface area contributed by atoms with Gasteiger partial charge in [0.25, 0.3) is 5.91 Å². The van der Waals surface area contributed by atoms with E-state index in [2.05, 4.69) is 31.2 Å². The van der Waals surface area contributed by atoms with Crippen molar-refractivity contribution in [3.63, 3.8) is 0 Å². The van der Waals surface area contributed by atoms with E-state index in [9.17, 15) is 9.90 Å². The molecule has 1 saturated carbocycles. The smallest absolute Gasteiger partial charge is 0.272 e. The number of hydrogen-bond acceptors (Lipinski definition) is 3. The molecule has 0 saturated heterocycles. The second kappa shape index (κ2) is 5.56. The van der Waals surface area contributed by atoms with Gasteiger partial charge in [-0.1, -0.05) is 12.8 Å². The van der Waals surface area contributed by atoms with E-state index in [1.165, 1.54) is 0 Å². The van der Waals surface area contributed by atoms with Gasteiger partial charge in [-0.05, 0) is 46.6 Å². The Labute approximate surface area is 120 Å². The summed E-state index contributed by atoms with van der Waals surface area (Å²) in [5.74, 6) is -0.193. The Morgan fingerprint density at radius 2 is 2.05 bits per heavy atom. The van der Waals surface area contributed by atoms with Crippen LogP contribution in [-0.2, 0) is 5.54 Å². The van der Waals surface area contributed by atoms with Gasteiger partial charge in [0.05, 0.1) is 17.7 Å². The molecule has 20 heavy (non-hydrogen) atoms. The maximum absolute atomic E-state index is 12.3. The number of aromatic nitrogens is 2. The van der Waals surface area contributed by atoms with Crippen molar-refractivity contribution < 1.29 is 9.90 Å². The summed E-state index contributed by atoms with van der Waals surface area (Å²) in [5, 5.41) is 17.2. The lowest BCUT2D eigenvalue weighted by atomic mass is 9.92. The predicted octanol–water partition coefficient (Wildman–Crippen LogP) is 1.98. The Morgan fingerprint density at radius 1 is 1.40 bits per heavy atom. The van der Waals surface area contributed by atoms with Crippen LogP contribution in [0.2, 0.25) is 0 Å². The topological polar surface area (TPSA) is 67.2 Å². The van der Waals surface area contributed by atoms with E-state index in [0.717, 1.165) is 31.4 Å². The average Bonchev–Trinajstić information content (AvgIpc) is 2.74. The van der Waals surface area contributed by atoms with Crippen LogP contribution in [0.4, 0.5) is 0 Å². The SMILES string of the molecule is Cc1cc(C(=O)NC2CCCCC2O)nn1C(C)(C)C. The Morgan fingerprint density at radius 3 is 2.60 bits per heavy atom. The van der Waals surface area contributed by atoms with Crippen molar-refractivity contribution in [3.8, 4) is 0 Å². The van der Waals surface area contributed by atoms with Crippen LogP contribution in [0.25, 0.3) is 0 Å². The standard InChI is InChI=1S/C15H25N3O2/c1-10-9-12(17-18(10)15(2,3)4)14(20)16-11-7-5-6-8-13(11)19/h9,11,13,19H,5-8H2,1-4H3,(H,16,20). The third-order valence-corrected chi connectivity index (χ3v) is 3.80. The number of nitrogens with zero attached hydrogens (tertiary/aromatic N) is 2. The molecule has 1 aromatic rings. The monoisotopic (exact) mass is 279 g/mol. The number of aliphatic hydroxyl groups is 1. The highest BCUT2D eigenvalue weighted by Crippen LogP contribution is 2.20. The van der Waals surface area contributed by atoms with E-state index in [1.54, 1.807) is 6.07 Å². The summed E-state index contributed by atoms with van der Waals surface area (Å²) in [5.41, 5.74) is 1.24. The van der Waals surface area contributed by atoms with Crippen LogP contribution >= 0.6 is 0 Å². The molecule has 2 unspecified atom stereocenters. The van der Waals surface area contributed by atoms with Crippen molar-refractivity contribution in [1.82, 2.24) is 15.1 Å². The van der Waals surface area contributed by atoms with E-state index in [-0.39, 0.29) is 17.5 Å². The molecule has 0 aliphatic heterocycles. The molecular weight excluding hydrogens is 254 g/mol. The number of rotatable bonds is 2. The van der Waals surface area contributed by atoms with Gasteiger partial charge in [-0.15, -0.1) is 0 Å². The number of aliphatic hydroxyl groups excluding tert-OH is 1. The lowest BCUT2D eigenvalue weighted by molar-refractivity contribution is 0.0712. The number of carbonyl (C=O) groups is 1. The van der Waals surface area contributed by atoms with Crippen LogP contribution in [0, 0.1) is 6.92 Å². The van der Waals surface area contributed by atoms with Crippen LogP contribution in [-0.4, -0.2) is 32.9 Å². The van der Waals surface area contributed by atoms with Crippen molar-refractivity contribution in [1.29, 1.82) is 0 Å². The van der Waals surface area contributed by atoms with Gasteiger partial charge >= 0.3 is 0 Å². The Kier molecular flexibility index (Phi) is 4.18. The zero-order valence-electron chi connectivity index (χ0n) is 12.8. The number of aryl methyl sites for hydroxylation is 1.